The fraction of sp³-hybridized carbons (Fsp3) is 1.00. The Kier molecular flexibility index (Phi) is 4.40. The average molecular weight is 188 g/mol. The zero-order valence-electron chi connectivity index (χ0n) is 8.34. The minimum atomic E-state index is 0.625. The summed E-state index contributed by atoms with van der Waals surface area (Å²) in [5, 5.41) is 4.10. The Balaban J connectivity index is 2.22. The van der Waals surface area contributed by atoms with Crippen LogP contribution in [-0.2, 0) is 0 Å². The van der Waals surface area contributed by atoms with Crippen molar-refractivity contribution in [1.82, 2.24) is 10.2 Å². The molecule has 1 fully saturated rings. The third-order valence-electron chi connectivity index (χ3n) is 2.35. The van der Waals surface area contributed by atoms with Crippen LogP contribution in [0.25, 0.3) is 0 Å². The second-order valence-corrected chi connectivity index (χ2v) is 5.18. The van der Waals surface area contributed by atoms with E-state index >= 15 is 0 Å². The van der Waals surface area contributed by atoms with Crippen LogP contribution in [0.1, 0.15) is 13.8 Å². The Morgan fingerprint density at radius 2 is 2.42 bits per heavy atom. The first-order chi connectivity index (χ1) is 5.72. The molecule has 1 heterocycles. The first kappa shape index (κ1) is 10.4. The van der Waals surface area contributed by atoms with Gasteiger partial charge in [0.2, 0.25) is 0 Å². The molecular formula is C9H20N2S. The highest BCUT2D eigenvalue weighted by atomic mass is 32.2. The summed E-state index contributed by atoms with van der Waals surface area (Å²) in [6.45, 7) is 8.28. The lowest BCUT2D eigenvalue weighted by Crippen LogP contribution is -2.43. The standard InChI is InChI=1S/C9H20N2S/c1-8(10-3)6-11-4-5-12-9(2)7-11/h8-10H,4-7H2,1-3H3. The fourth-order valence-electron chi connectivity index (χ4n) is 1.53. The number of rotatable bonds is 3. The van der Waals surface area contributed by atoms with Crippen LogP contribution in [0.3, 0.4) is 0 Å². The summed E-state index contributed by atoms with van der Waals surface area (Å²) in [7, 11) is 2.03. The van der Waals surface area contributed by atoms with Gasteiger partial charge in [0.25, 0.3) is 0 Å². The summed E-state index contributed by atoms with van der Waals surface area (Å²) in [5.74, 6) is 1.30. The molecule has 2 unspecified atom stereocenters. The maximum atomic E-state index is 3.28. The first-order valence-corrected chi connectivity index (χ1v) is 5.78. The van der Waals surface area contributed by atoms with Crippen LogP contribution in [0, 0.1) is 0 Å². The van der Waals surface area contributed by atoms with Gasteiger partial charge in [-0.15, -0.1) is 0 Å². The molecule has 0 aromatic carbocycles. The largest absolute Gasteiger partial charge is 0.316 e. The van der Waals surface area contributed by atoms with Gasteiger partial charge in [-0.1, -0.05) is 6.92 Å². The van der Waals surface area contributed by atoms with E-state index in [0.29, 0.717) is 6.04 Å². The summed E-state index contributed by atoms with van der Waals surface area (Å²) >= 11 is 2.09. The first-order valence-electron chi connectivity index (χ1n) is 4.73. The predicted octanol–water partition coefficient (Wildman–Crippen LogP) is 1.03. The van der Waals surface area contributed by atoms with Crippen molar-refractivity contribution in [2.45, 2.75) is 25.1 Å². The van der Waals surface area contributed by atoms with Crippen LogP contribution < -0.4 is 5.32 Å². The molecule has 0 bridgehead atoms. The number of hydrogen-bond acceptors (Lipinski definition) is 3. The van der Waals surface area contributed by atoms with Gasteiger partial charge in [0.05, 0.1) is 0 Å². The molecule has 0 saturated carbocycles. The van der Waals surface area contributed by atoms with Gasteiger partial charge in [-0.3, -0.25) is 4.90 Å². The highest BCUT2D eigenvalue weighted by molar-refractivity contribution is 7.99. The van der Waals surface area contributed by atoms with Crippen molar-refractivity contribution in [3.05, 3.63) is 0 Å². The maximum Gasteiger partial charge on any atom is 0.0163 e. The summed E-state index contributed by atoms with van der Waals surface area (Å²) in [4.78, 5) is 2.56. The molecular weight excluding hydrogens is 168 g/mol. The molecule has 2 nitrogen and oxygen atoms in total. The summed E-state index contributed by atoms with van der Waals surface area (Å²) in [6, 6.07) is 0.625. The van der Waals surface area contributed by atoms with Crippen molar-refractivity contribution in [2.24, 2.45) is 0 Å². The van der Waals surface area contributed by atoms with Crippen molar-refractivity contribution < 1.29 is 0 Å². The van der Waals surface area contributed by atoms with Crippen molar-refractivity contribution in [3.63, 3.8) is 0 Å². The molecule has 0 aliphatic carbocycles. The van der Waals surface area contributed by atoms with Crippen LogP contribution in [-0.4, -0.2) is 48.6 Å². The third-order valence-corrected chi connectivity index (χ3v) is 3.49. The monoisotopic (exact) mass is 188 g/mol. The molecule has 0 radical (unpaired) electrons. The van der Waals surface area contributed by atoms with Gasteiger partial charge in [-0.05, 0) is 14.0 Å². The summed E-state index contributed by atoms with van der Waals surface area (Å²) in [6.07, 6.45) is 0. The van der Waals surface area contributed by atoms with E-state index in [-0.39, 0.29) is 0 Å². The van der Waals surface area contributed by atoms with E-state index in [4.69, 9.17) is 0 Å². The van der Waals surface area contributed by atoms with Crippen molar-refractivity contribution >= 4 is 11.8 Å². The number of likely N-dealkylation sites (N-methyl/N-ethyl adjacent to an activating group) is 1. The van der Waals surface area contributed by atoms with Gasteiger partial charge >= 0.3 is 0 Å². The second kappa shape index (κ2) is 5.10. The number of nitrogens with one attached hydrogen (secondary N) is 1. The van der Waals surface area contributed by atoms with E-state index in [2.05, 4.69) is 35.8 Å². The average Bonchev–Trinajstić information content (AvgIpc) is 2.04. The molecule has 1 rings (SSSR count). The molecule has 1 saturated heterocycles. The Bertz CT molecular complexity index is 130. The number of nitrogens with zero attached hydrogens (tertiary/aromatic N) is 1. The highest BCUT2D eigenvalue weighted by Crippen LogP contribution is 2.17. The minimum absolute atomic E-state index is 0.625. The van der Waals surface area contributed by atoms with Crippen LogP contribution >= 0.6 is 11.8 Å². The Morgan fingerprint density at radius 1 is 1.67 bits per heavy atom. The Morgan fingerprint density at radius 3 is 3.00 bits per heavy atom. The summed E-state index contributed by atoms with van der Waals surface area (Å²) in [5.41, 5.74) is 0. The lowest BCUT2D eigenvalue weighted by molar-refractivity contribution is 0.262. The van der Waals surface area contributed by atoms with Gasteiger partial charge in [-0.25, -0.2) is 0 Å². The SMILES string of the molecule is CNC(C)CN1CCSC(C)C1. The number of hydrogen-bond donors (Lipinski definition) is 1. The molecule has 0 spiro atoms. The maximum absolute atomic E-state index is 3.28. The number of thioether (sulfide) groups is 1. The van der Waals surface area contributed by atoms with E-state index in [1.165, 1.54) is 25.4 Å². The lowest BCUT2D eigenvalue weighted by Gasteiger charge is -2.32. The van der Waals surface area contributed by atoms with E-state index in [9.17, 15) is 0 Å². The molecule has 1 aliphatic heterocycles. The Labute approximate surface area is 80.1 Å². The molecule has 3 heteroatoms. The predicted molar refractivity (Wildman–Crippen MR) is 56.9 cm³/mol. The van der Waals surface area contributed by atoms with E-state index in [0.717, 1.165) is 5.25 Å². The van der Waals surface area contributed by atoms with Crippen LogP contribution in [0.15, 0.2) is 0 Å². The Hall–Kier alpha value is 0.270. The van der Waals surface area contributed by atoms with Crippen molar-refractivity contribution in [1.29, 1.82) is 0 Å². The van der Waals surface area contributed by atoms with Gasteiger partial charge in [0, 0.05) is 36.7 Å². The molecule has 1 N–H and O–H groups in total. The molecule has 0 aromatic rings. The van der Waals surface area contributed by atoms with Gasteiger partial charge in [-0.2, -0.15) is 11.8 Å². The van der Waals surface area contributed by atoms with Crippen LogP contribution in [0.5, 0.6) is 0 Å². The minimum Gasteiger partial charge on any atom is -0.316 e. The van der Waals surface area contributed by atoms with E-state index in [1.54, 1.807) is 0 Å². The van der Waals surface area contributed by atoms with E-state index in [1.807, 2.05) is 7.05 Å². The highest BCUT2D eigenvalue weighted by Gasteiger charge is 2.17. The summed E-state index contributed by atoms with van der Waals surface area (Å²) < 4.78 is 0. The fourth-order valence-corrected chi connectivity index (χ4v) is 2.62. The molecule has 0 aromatic heterocycles. The molecule has 1 aliphatic rings. The lowest BCUT2D eigenvalue weighted by atomic mass is 10.3. The molecule has 2 atom stereocenters. The van der Waals surface area contributed by atoms with Gasteiger partial charge in [0.15, 0.2) is 0 Å². The quantitative estimate of drug-likeness (QED) is 0.712. The van der Waals surface area contributed by atoms with Crippen LogP contribution in [0.4, 0.5) is 0 Å². The van der Waals surface area contributed by atoms with Crippen LogP contribution in [0.2, 0.25) is 0 Å². The smallest absolute Gasteiger partial charge is 0.0163 e. The second-order valence-electron chi connectivity index (χ2n) is 3.63. The molecule has 72 valence electrons. The zero-order valence-corrected chi connectivity index (χ0v) is 9.16. The van der Waals surface area contributed by atoms with Gasteiger partial charge in [0.1, 0.15) is 0 Å². The van der Waals surface area contributed by atoms with Crippen molar-refractivity contribution in [3.8, 4) is 0 Å². The van der Waals surface area contributed by atoms with Crippen molar-refractivity contribution in [2.75, 3.05) is 32.4 Å². The third kappa shape index (κ3) is 3.33. The zero-order chi connectivity index (χ0) is 8.97. The topological polar surface area (TPSA) is 15.3 Å². The molecule has 0 amide bonds. The normalized spacial score (nSPS) is 28.8. The van der Waals surface area contributed by atoms with Gasteiger partial charge < -0.3 is 5.32 Å². The molecule has 12 heavy (non-hydrogen) atoms. The van der Waals surface area contributed by atoms with E-state index < -0.39 is 0 Å².